The second kappa shape index (κ2) is 9.72. The molecule has 0 radical (unpaired) electrons. The molecule has 4 heteroatoms. The molecular weight excluding hydrogens is 326 g/mol. The van der Waals surface area contributed by atoms with Crippen molar-refractivity contribution in [1.82, 2.24) is 4.90 Å². The van der Waals surface area contributed by atoms with Gasteiger partial charge in [-0.25, -0.2) is 0 Å². The van der Waals surface area contributed by atoms with Gasteiger partial charge < -0.3 is 14.9 Å². The summed E-state index contributed by atoms with van der Waals surface area (Å²) in [7, 11) is 0. The van der Waals surface area contributed by atoms with Crippen molar-refractivity contribution >= 4 is 0 Å². The lowest BCUT2D eigenvalue weighted by atomic mass is 9.86. The van der Waals surface area contributed by atoms with Crippen molar-refractivity contribution in [2.75, 3.05) is 26.3 Å². The van der Waals surface area contributed by atoms with Crippen molar-refractivity contribution < 1.29 is 14.9 Å². The number of benzene rings is 2. The summed E-state index contributed by atoms with van der Waals surface area (Å²) in [6.45, 7) is 8.39. The fourth-order valence-electron chi connectivity index (χ4n) is 2.97. The van der Waals surface area contributed by atoms with Crippen LogP contribution in [0.4, 0.5) is 0 Å². The Labute approximate surface area is 157 Å². The Kier molecular flexibility index (Phi) is 7.64. The highest BCUT2D eigenvalue weighted by Crippen LogP contribution is 2.30. The molecule has 0 heterocycles. The highest BCUT2D eigenvalue weighted by molar-refractivity contribution is 5.38. The van der Waals surface area contributed by atoms with E-state index in [9.17, 15) is 10.2 Å². The minimum Gasteiger partial charge on any atom is -0.491 e. The van der Waals surface area contributed by atoms with Crippen LogP contribution in [0.5, 0.6) is 5.75 Å². The Hall–Kier alpha value is -1.88. The number of hydrogen-bond acceptors (Lipinski definition) is 4. The summed E-state index contributed by atoms with van der Waals surface area (Å²) in [4.78, 5) is 2.04. The molecule has 0 spiro atoms. The maximum Gasteiger partial charge on any atom is 0.123 e. The molecule has 2 N–H and O–H groups in total. The number of nitrogens with zero attached hydrogens (tertiary/aromatic N) is 1. The van der Waals surface area contributed by atoms with Crippen molar-refractivity contribution in [3.05, 3.63) is 65.7 Å². The van der Waals surface area contributed by atoms with Crippen LogP contribution in [0, 0.1) is 0 Å². The first kappa shape index (κ1) is 20.4. The van der Waals surface area contributed by atoms with Gasteiger partial charge in [0.15, 0.2) is 0 Å². The lowest BCUT2D eigenvalue weighted by Crippen LogP contribution is -2.37. The molecule has 1 unspecified atom stereocenters. The Morgan fingerprint density at radius 1 is 1.00 bits per heavy atom. The molecular formula is C22H31NO3. The maximum atomic E-state index is 10.4. The van der Waals surface area contributed by atoms with Crippen molar-refractivity contribution in [2.45, 2.75) is 38.8 Å². The average Bonchev–Trinajstić information content (AvgIpc) is 2.60. The van der Waals surface area contributed by atoms with Crippen LogP contribution in [0.15, 0.2) is 54.6 Å². The Bertz CT molecular complexity index is 652. The standard InChI is InChI=1S/C22H31NO3/c1-22(2,3)20-11-7-8-12-21(20)26-17-19(25)16-23(13-14-24)15-18-9-5-4-6-10-18/h4-12,19,24-25H,13-17H2,1-3H3. The molecule has 0 aliphatic heterocycles. The lowest BCUT2D eigenvalue weighted by molar-refractivity contribution is 0.0584. The molecule has 26 heavy (non-hydrogen) atoms. The zero-order valence-corrected chi connectivity index (χ0v) is 16.1. The van der Waals surface area contributed by atoms with Gasteiger partial charge in [-0.2, -0.15) is 0 Å². The highest BCUT2D eigenvalue weighted by atomic mass is 16.5. The van der Waals surface area contributed by atoms with Gasteiger partial charge in [0.2, 0.25) is 0 Å². The van der Waals surface area contributed by atoms with Crippen LogP contribution in [-0.2, 0) is 12.0 Å². The SMILES string of the molecule is CC(C)(C)c1ccccc1OCC(O)CN(CCO)Cc1ccccc1. The van der Waals surface area contributed by atoms with E-state index in [4.69, 9.17) is 4.74 Å². The second-order valence-corrected chi connectivity index (χ2v) is 7.66. The van der Waals surface area contributed by atoms with Gasteiger partial charge in [-0.1, -0.05) is 69.3 Å². The fourth-order valence-corrected chi connectivity index (χ4v) is 2.97. The third kappa shape index (κ3) is 6.45. The van der Waals surface area contributed by atoms with Crippen LogP contribution < -0.4 is 4.74 Å². The van der Waals surface area contributed by atoms with E-state index in [1.54, 1.807) is 0 Å². The van der Waals surface area contributed by atoms with E-state index < -0.39 is 6.10 Å². The van der Waals surface area contributed by atoms with E-state index in [2.05, 4.69) is 26.8 Å². The van der Waals surface area contributed by atoms with Crippen LogP contribution in [0.3, 0.4) is 0 Å². The Balaban J connectivity index is 1.93. The first-order valence-corrected chi connectivity index (χ1v) is 9.17. The predicted octanol–water partition coefficient (Wildman–Crippen LogP) is 3.22. The average molecular weight is 357 g/mol. The van der Waals surface area contributed by atoms with E-state index >= 15 is 0 Å². The molecule has 0 aromatic heterocycles. The number of para-hydroxylation sites is 1. The van der Waals surface area contributed by atoms with E-state index in [1.165, 1.54) is 0 Å². The zero-order valence-electron chi connectivity index (χ0n) is 16.1. The van der Waals surface area contributed by atoms with Crippen LogP contribution in [-0.4, -0.2) is 47.5 Å². The molecule has 0 saturated carbocycles. The zero-order chi connectivity index (χ0) is 19.0. The van der Waals surface area contributed by atoms with Gasteiger partial charge in [0, 0.05) is 19.6 Å². The topological polar surface area (TPSA) is 52.9 Å². The van der Waals surface area contributed by atoms with Crippen molar-refractivity contribution in [3.8, 4) is 5.75 Å². The van der Waals surface area contributed by atoms with Crippen LogP contribution >= 0.6 is 0 Å². The minimum atomic E-state index is -0.627. The highest BCUT2D eigenvalue weighted by Gasteiger charge is 2.19. The van der Waals surface area contributed by atoms with E-state index in [0.717, 1.165) is 16.9 Å². The second-order valence-electron chi connectivity index (χ2n) is 7.66. The molecule has 2 aromatic rings. The Morgan fingerprint density at radius 2 is 1.65 bits per heavy atom. The van der Waals surface area contributed by atoms with E-state index in [0.29, 0.717) is 19.6 Å². The number of rotatable bonds is 9. The van der Waals surface area contributed by atoms with Crippen LogP contribution in [0.1, 0.15) is 31.9 Å². The molecule has 0 fully saturated rings. The van der Waals surface area contributed by atoms with Gasteiger partial charge in [-0.3, -0.25) is 4.90 Å². The first-order chi connectivity index (χ1) is 12.4. The number of aliphatic hydroxyl groups is 2. The molecule has 0 saturated heterocycles. The molecule has 2 aromatic carbocycles. The van der Waals surface area contributed by atoms with Gasteiger partial charge in [0.05, 0.1) is 6.61 Å². The smallest absolute Gasteiger partial charge is 0.123 e. The van der Waals surface area contributed by atoms with Gasteiger partial charge in [0.1, 0.15) is 18.5 Å². The normalized spacial score (nSPS) is 13.0. The van der Waals surface area contributed by atoms with Crippen LogP contribution in [0.25, 0.3) is 0 Å². The molecule has 0 amide bonds. The molecule has 0 bridgehead atoms. The predicted molar refractivity (Wildman–Crippen MR) is 105 cm³/mol. The maximum absolute atomic E-state index is 10.4. The number of aliphatic hydroxyl groups excluding tert-OH is 2. The number of hydrogen-bond donors (Lipinski definition) is 2. The van der Waals surface area contributed by atoms with Crippen molar-refractivity contribution in [3.63, 3.8) is 0 Å². The summed E-state index contributed by atoms with van der Waals surface area (Å²) in [5.41, 5.74) is 2.27. The third-order valence-corrected chi connectivity index (χ3v) is 4.26. The quantitative estimate of drug-likeness (QED) is 0.723. The third-order valence-electron chi connectivity index (χ3n) is 4.26. The summed E-state index contributed by atoms with van der Waals surface area (Å²) in [5, 5.41) is 19.7. The van der Waals surface area contributed by atoms with E-state index in [1.807, 2.05) is 53.4 Å². The molecule has 0 aliphatic carbocycles. The van der Waals surface area contributed by atoms with E-state index in [-0.39, 0.29) is 18.6 Å². The lowest BCUT2D eigenvalue weighted by Gasteiger charge is -2.26. The largest absolute Gasteiger partial charge is 0.491 e. The molecule has 1 atom stereocenters. The molecule has 0 aliphatic rings. The Morgan fingerprint density at radius 3 is 2.31 bits per heavy atom. The minimum absolute atomic E-state index is 0.0161. The van der Waals surface area contributed by atoms with Gasteiger partial charge in [-0.15, -0.1) is 0 Å². The summed E-state index contributed by atoms with van der Waals surface area (Å²) in [5.74, 6) is 0.816. The molecule has 4 nitrogen and oxygen atoms in total. The molecule has 2 rings (SSSR count). The summed E-state index contributed by atoms with van der Waals surface area (Å²) >= 11 is 0. The monoisotopic (exact) mass is 357 g/mol. The number of ether oxygens (including phenoxy) is 1. The van der Waals surface area contributed by atoms with Crippen LogP contribution in [0.2, 0.25) is 0 Å². The summed E-state index contributed by atoms with van der Waals surface area (Å²) in [6.07, 6.45) is -0.627. The van der Waals surface area contributed by atoms with Crippen molar-refractivity contribution in [2.24, 2.45) is 0 Å². The van der Waals surface area contributed by atoms with Gasteiger partial charge >= 0.3 is 0 Å². The molecule has 142 valence electrons. The first-order valence-electron chi connectivity index (χ1n) is 9.17. The summed E-state index contributed by atoms with van der Waals surface area (Å²) in [6, 6.07) is 18.0. The summed E-state index contributed by atoms with van der Waals surface area (Å²) < 4.78 is 5.92. The fraction of sp³-hybridized carbons (Fsp3) is 0.455. The van der Waals surface area contributed by atoms with Gasteiger partial charge in [0.25, 0.3) is 0 Å². The van der Waals surface area contributed by atoms with Gasteiger partial charge in [-0.05, 0) is 22.6 Å². The van der Waals surface area contributed by atoms with Crippen molar-refractivity contribution in [1.29, 1.82) is 0 Å².